The van der Waals surface area contributed by atoms with Crippen LogP contribution >= 0.6 is 0 Å². The Balaban J connectivity index is 1.89. The maximum absolute atomic E-state index is 14.0. The van der Waals surface area contributed by atoms with E-state index in [1.54, 1.807) is 49.4 Å². The Labute approximate surface area is 216 Å². The summed E-state index contributed by atoms with van der Waals surface area (Å²) < 4.78 is 39.2. The van der Waals surface area contributed by atoms with E-state index in [1.807, 2.05) is 6.92 Å². The number of fused-ring (bicyclic) bond motifs is 1. The van der Waals surface area contributed by atoms with Crippen LogP contribution in [0, 0.1) is 19.8 Å². The second-order valence-corrected chi connectivity index (χ2v) is 11.2. The lowest BCUT2D eigenvalue weighted by molar-refractivity contribution is 0.0600. The maximum atomic E-state index is 14.0. The van der Waals surface area contributed by atoms with Crippen molar-refractivity contribution < 1.29 is 27.2 Å². The zero-order chi connectivity index (χ0) is 26.9. The van der Waals surface area contributed by atoms with Gasteiger partial charge in [0.15, 0.2) is 0 Å². The van der Waals surface area contributed by atoms with Crippen molar-refractivity contribution >= 4 is 38.6 Å². The number of ether oxygens (including phenoxy) is 1. The highest BCUT2D eigenvalue weighted by molar-refractivity contribution is 7.93. The van der Waals surface area contributed by atoms with Crippen molar-refractivity contribution in [1.29, 1.82) is 0 Å². The number of anilines is 1. The van der Waals surface area contributed by atoms with Crippen molar-refractivity contribution in [3.63, 3.8) is 0 Å². The molecule has 0 spiro atoms. The first-order valence-corrected chi connectivity index (χ1v) is 13.3. The number of sulfonamides is 1. The molecule has 4 aromatic rings. The van der Waals surface area contributed by atoms with Gasteiger partial charge in [-0.2, -0.15) is 4.31 Å². The van der Waals surface area contributed by atoms with E-state index in [0.717, 1.165) is 21.9 Å². The van der Waals surface area contributed by atoms with Gasteiger partial charge in [0.2, 0.25) is 0 Å². The molecule has 3 aromatic carbocycles. The Morgan fingerprint density at radius 2 is 1.59 bits per heavy atom. The van der Waals surface area contributed by atoms with Crippen LogP contribution in [0.3, 0.4) is 0 Å². The second-order valence-electron chi connectivity index (χ2n) is 9.39. The maximum Gasteiger partial charge on any atom is 0.342 e. The Kier molecular flexibility index (Phi) is 7.23. The van der Waals surface area contributed by atoms with Gasteiger partial charge in [0.05, 0.1) is 17.7 Å². The third-order valence-corrected chi connectivity index (χ3v) is 7.79. The van der Waals surface area contributed by atoms with E-state index in [2.05, 4.69) is 13.8 Å². The van der Waals surface area contributed by atoms with E-state index in [4.69, 9.17) is 9.15 Å². The minimum atomic E-state index is -4.32. The van der Waals surface area contributed by atoms with Crippen molar-refractivity contribution in [3.05, 3.63) is 94.7 Å². The van der Waals surface area contributed by atoms with Crippen molar-refractivity contribution in [2.45, 2.75) is 39.0 Å². The molecule has 8 heteroatoms. The predicted molar refractivity (Wildman–Crippen MR) is 142 cm³/mol. The fourth-order valence-corrected chi connectivity index (χ4v) is 5.65. The van der Waals surface area contributed by atoms with Crippen LogP contribution in [0.25, 0.3) is 11.0 Å². The van der Waals surface area contributed by atoms with Crippen molar-refractivity contribution in [2.24, 2.45) is 5.92 Å². The van der Waals surface area contributed by atoms with Crippen LogP contribution in [0.4, 0.5) is 5.69 Å². The molecular formula is C29H29NO6S. The lowest BCUT2D eigenvalue weighted by Crippen LogP contribution is -2.37. The molecule has 0 saturated carbocycles. The highest BCUT2D eigenvalue weighted by Gasteiger charge is 2.33. The Morgan fingerprint density at radius 1 is 0.946 bits per heavy atom. The molecule has 0 unspecified atom stereocenters. The van der Waals surface area contributed by atoms with Crippen LogP contribution < -0.4 is 4.31 Å². The number of hydrogen-bond donors (Lipinski definition) is 0. The minimum Gasteiger partial charge on any atom is -0.465 e. The quantitative estimate of drug-likeness (QED) is 0.275. The molecule has 0 aliphatic rings. The van der Waals surface area contributed by atoms with Gasteiger partial charge in [-0.3, -0.25) is 4.79 Å². The van der Waals surface area contributed by atoms with Crippen LogP contribution in [0.1, 0.15) is 51.5 Å². The highest BCUT2D eigenvalue weighted by atomic mass is 32.2. The summed E-state index contributed by atoms with van der Waals surface area (Å²) in [6.45, 7) is 7.67. The third kappa shape index (κ3) is 5.15. The topological polar surface area (TPSA) is 93.9 Å². The van der Waals surface area contributed by atoms with Gasteiger partial charge in [0.1, 0.15) is 16.9 Å². The Morgan fingerprint density at radius 3 is 2.19 bits per heavy atom. The molecule has 192 valence electrons. The number of nitrogens with zero attached hydrogens (tertiary/aromatic N) is 1. The zero-order valence-corrected chi connectivity index (χ0v) is 22.3. The largest absolute Gasteiger partial charge is 0.465 e. The van der Waals surface area contributed by atoms with Gasteiger partial charge in [-0.25, -0.2) is 13.2 Å². The number of benzene rings is 3. The lowest BCUT2D eigenvalue weighted by Gasteiger charge is -2.23. The smallest absolute Gasteiger partial charge is 0.342 e. The molecule has 4 rings (SSSR count). The average molecular weight is 520 g/mol. The van der Waals surface area contributed by atoms with Crippen LogP contribution in [-0.4, -0.2) is 27.4 Å². The molecule has 7 nitrogen and oxygen atoms in total. The first-order valence-electron chi connectivity index (χ1n) is 11.9. The van der Waals surface area contributed by atoms with Gasteiger partial charge in [0.25, 0.3) is 15.9 Å². The van der Waals surface area contributed by atoms with E-state index in [-0.39, 0.29) is 21.7 Å². The minimum absolute atomic E-state index is 0.0165. The second kappa shape index (κ2) is 10.2. The first kappa shape index (κ1) is 26.2. The number of carbonyl (C=O) groups excluding carboxylic acids is 2. The van der Waals surface area contributed by atoms with E-state index < -0.39 is 21.9 Å². The van der Waals surface area contributed by atoms with E-state index in [9.17, 15) is 18.0 Å². The summed E-state index contributed by atoms with van der Waals surface area (Å²) in [5.41, 5.74) is 2.78. The van der Waals surface area contributed by atoms with Gasteiger partial charge in [0, 0.05) is 10.9 Å². The number of esters is 1. The normalized spacial score (nSPS) is 11.6. The van der Waals surface area contributed by atoms with Gasteiger partial charge >= 0.3 is 5.97 Å². The molecule has 0 N–H and O–H groups in total. The fourth-order valence-electron chi connectivity index (χ4n) is 4.24. The molecule has 0 radical (unpaired) electrons. The highest BCUT2D eigenvalue weighted by Crippen LogP contribution is 2.33. The molecule has 0 aliphatic heterocycles. The Bertz CT molecular complexity index is 1570. The van der Waals surface area contributed by atoms with Crippen LogP contribution in [-0.2, 0) is 21.2 Å². The van der Waals surface area contributed by atoms with Gasteiger partial charge < -0.3 is 9.15 Å². The molecule has 0 bridgehead atoms. The van der Waals surface area contributed by atoms with Crippen molar-refractivity contribution in [1.82, 2.24) is 0 Å². The summed E-state index contributed by atoms with van der Waals surface area (Å²) in [6.07, 6.45) is 0.805. The van der Waals surface area contributed by atoms with Gasteiger partial charge in [-0.15, -0.1) is 0 Å². The summed E-state index contributed by atoms with van der Waals surface area (Å²) in [7, 11) is -3.07. The molecule has 0 saturated heterocycles. The molecule has 0 atom stereocenters. The monoisotopic (exact) mass is 519 g/mol. The van der Waals surface area contributed by atoms with Crippen LogP contribution in [0.5, 0.6) is 0 Å². The molecule has 0 aliphatic carbocycles. The standard InChI is InChI=1S/C29H29NO6S/c1-18(2)16-21-8-13-24(14-9-21)37(33,34)30(28(31)22-10-6-19(3)7-11-22)23-12-15-26-25(17-23)27(20(4)36-26)29(32)35-5/h6-15,17-18H,16H2,1-5H3. The number of aryl methyl sites for hydroxylation is 2. The van der Waals surface area contributed by atoms with Crippen LogP contribution in [0.2, 0.25) is 0 Å². The summed E-state index contributed by atoms with van der Waals surface area (Å²) in [5, 5.41) is 0.353. The molecule has 37 heavy (non-hydrogen) atoms. The Hall–Kier alpha value is -3.91. The third-order valence-electron chi connectivity index (χ3n) is 6.06. The van der Waals surface area contributed by atoms with E-state index in [0.29, 0.717) is 22.6 Å². The lowest BCUT2D eigenvalue weighted by atomic mass is 10.0. The SMILES string of the molecule is COC(=O)c1c(C)oc2ccc(N(C(=O)c3ccc(C)cc3)S(=O)(=O)c3ccc(CC(C)C)cc3)cc12. The molecule has 0 fully saturated rings. The van der Waals surface area contributed by atoms with E-state index in [1.165, 1.54) is 31.4 Å². The number of amides is 1. The zero-order valence-electron chi connectivity index (χ0n) is 21.4. The number of furan rings is 1. The summed E-state index contributed by atoms with van der Waals surface area (Å²) in [4.78, 5) is 26.1. The first-order chi connectivity index (χ1) is 17.5. The van der Waals surface area contributed by atoms with Crippen molar-refractivity contribution in [3.8, 4) is 0 Å². The number of rotatable bonds is 7. The van der Waals surface area contributed by atoms with Gasteiger partial charge in [-0.05, 0) is 74.2 Å². The number of carbonyl (C=O) groups is 2. The van der Waals surface area contributed by atoms with E-state index >= 15 is 0 Å². The number of hydrogen-bond acceptors (Lipinski definition) is 6. The predicted octanol–water partition coefficient (Wildman–Crippen LogP) is 6.07. The molecule has 1 heterocycles. The van der Waals surface area contributed by atoms with Gasteiger partial charge in [-0.1, -0.05) is 43.7 Å². The summed E-state index contributed by atoms with van der Waals surface area (Å²) in [5.74, 6) is -0.589. The molecule has 1 aromatic heterocycles. The average Bonchev–Trinajstić information content (AvgIpc) is 3.19. The molecular weight excluding hydrogens is 490 g/mol. The summed E-state index contributed by atoms with van der Waals surface area (Å²) in [6, 6.07) is 17.7. The number of methoxy groups -OCH3 is 1. The summed E-state index contributed by atoms with van der Waals surface area (Å²) >= 11 is 0. The fraction of sp³-hybridized carbons (Fsp3) is 0.241. The molecule has 1 amide bonds. The van der Waals surface area contributed by atoms with Crippen LogP contribution in [0.15, 0.2) is 76.0 Å². The van der Waals surface area contributed by atoms with Crippen molar-refractivity contribution in [2.75, 3.05) is 11.4 Å².